The first-order chi connectivity index (χ1) is 10.2. The number of rotatable bonds is 4. The Hall–Kier alpha value is -1.08. The van der Waals surface area contributed by atoms with Gasteiger partial charge in [0, 0.05) is 15.7 Å². The highest BCUT2D eigenvalue weighted by molar-refractivity contribution is 7.12. The molecule has 1 aliphatic carbocycles. The summed E-state index contributed by atoms with van der Waals surface area (Å²) in [5.74, 6) is 1.23. The van der Waals surface area contributed by atoms with Crippen LogP contribution in [0.3, 0.4) is 0 Å². The van der Waals surface area contributed by atoms with E-state index in [1.165, 1.54) is 37.7 Å². The molecule has 0 aliphatic heterocycles. The molecule has 1 unspecified atom stereocenters. The molecule has 21 heavy (non-hydrogen) atoms. The van der Waals surface area contributed by atoms with Gasteiger partial charge in [0.2, 0.25) is 0 Å². The standard InChI is InChI=1S/C20H26S/c1-4-16(15-10-6-5-7-11-15)20-19(14(2)3)17-12-8-9-13-18(17)21-20/h5-7,10-11,14,16H,4,8-9,12-13H2,1-3H3. The first-order valence-corrected chi connectivity index (χ1v) is 9.23. The molecular weight excluding hydrogens is 272 g/mol. The second kappa shape index (κ2) is 6.36. The lowest BCUT2D eigenvalue weighted by molar-refractivity contribution is 0.679. The van der Waals surface area contributed by atoms with E-state index in [0.717, 1.165) is 0 Å². The van der Waals surface area contributed by atoms with E-state index >= 15 is 0 Å². The molecule has 0 saturated carbocycles. The third-order valence-electron chi connectivity index (χ3n) is 4.74. The van der Waals surface area contributed by atoms with E-state index in [1.54, 1.807) is 20.9 Å². The molecule has 0 N–H and O–H groups in total. The molecule has 1 atom stereocenters. The Morgan fingerprint density at radius 3 is 2.43 bits per heavy atom. The Kier molecular flexibility index (Phi) is 4.49. The maximum atomic E-state index is 2.37. The summed E-state index contributed by atoms with van der Waals surface area (Å²) in [4.78, 5) is 3.35. The van der Waals surface area contributed by atoms with Gasteiger partial charge in [0.05, 0.1) is 0 Å². The van der Waals surface area contributed by atoms with Crippen LogP contribution >= 0.6 is 11.3 Å². The fourth-order valence-corrected chi connectivity index (χ4v) is 5.52. The van der Waals surface area contributed by atoms with Crippen LogP contribution in [0, 0.1) is 0 Å². The van der Waals surface area contributed by atoms with Crippen LogP contribution in [-0.2, 0) is 12.8 Å². The number of benzene rings is 1. The van der Waals surface area contributed by atoms with Gasteiger partial charge in [-0.15, -0.1) is 11.3 Å². The molecule has 0 amide bonds. The Balaban J connectivity index is 2.10. The molecule has 1 heteroatoms. The molecule has 0 radical (unpaired) electrons. The zero-order valence-corrected chi connectivity index (χ0v) is 14.3. The quantitative estimate of drug-likeness (QED) is 0.622. The summed E-state index contributed by atoms with van der Waals surface area (Å²) < 4.78 is 0. The van der Waals surface area contributed by atoms with Crippen molar-refractivity contribution in [3.05, 3.63) is 56.8 Å². The monoisotopic (exact) mass is 298 g/mol. The van der Waals surface area contributed by atoms with Crippen LogP contribution in [-0.4, -0.2) is 0 Å². The van der Waals surface area contributed by atoms with E-state index in [9.17, 15) is 0 Å². The van der Waals surface area contributed by atoms with Gasteiger partial charge in [-0.1, -0.05) is 51.1 Å². The van der Waals surface area contributed by atoms with Gasteiger partial charge in [-0.3, -0.25) is 0 Å². The predicted molar refractivity (Wildman–Crippen MR) is 93.6 cm³/mol. The van der Waals surface area contributed by atoms with Gasteiger partial charge < -0.3 is 0 Å². The van der Waals surface area contributed by atoms with Gasteiger partial charge in [0.15, 0.2) is 0 Å². The zero-order chi connectivity index (χ0) is 14.8. The SMILES string of the molecule is CCC(c1ccccc1)c1sc2c(c1C(C)C)CCCC2. The first kappa shape index (κ1) is 14.8. The average molecular weight is 298 g/mol. The summed E-state index contributed by atoms with van der Waals surface area (Å²) in [5, 5.41) is 0. The van der Waals surface area contributed by atoms with E-state index in [4.69, 9.17) is 0 Å². The maximum absolute atomic E-state index is 2.37. The lowest BCUT2D eigenvalue weighted by Crippen LogP contribution is -2.05. The molecule has 3 rings (SSSR count). The molecule has 0 fully saturated rings. The molecule has 112 valence electrons. The predicted octanol–water partition coefficient (Wildman–Crippen LogP) is 6.29. The summed E-state index contributed by atoms with van der Waals surface area (Å²) in [5.41, 5.74) is 4.89. The third-order valence-corrected chi connectivity index (χ3v) is 6.17. The third kappa shape index (κ3) is 2.81. The zero-order valence-electron chi connectivity index (χ0n) is 13.5. The lowest BCUT2D eigenvalue weighted by atomic mass is 9.85. The smallest absolute Gasteiger partial charge is 0.0184 e. The van der Waals surface area contributed by atoms with Gasteiger partial charge >= 0.3 is 0 Å². The minimum absolute atomic E-state index is 0.583. The first-order valence-electron chi connectivity index (χ1n) is 8.41. The normalized spacial score (nSPS) is 16.0. The number of hydrogen-bond donors (Lipinski definition) is 0. The number of aryl methyl sites for hydroxylation is 1. The summed E-state index contributed by atoms with van der Waals surface area (Å²) in [6.45, 7) is 7.08. The summed E-state index contributed by atoms with van der Waals surface area (Å²) in [6.07, 6.45) is 6.58. The number of fused-ring (bicyclic) bond motifs is 1. The highest BCUT2D eigenvalue weighted by Gasteiger charge is 2.26. The minimum atomic E-state index is 0.583. The summed E-state index contributed by atoms with van der Waals surface area (Å²) >= 11 is 2.12. The molecule has 0 nitrogen and oxygen atoms in total. The van der Waals surface area contributed by atoms with Crippen LogP contribution < -0.4 is 0 Å². The molecule has 1 aromatic heterocycles. The minimum Gasteiger partial charge on any atom is -0.144 e. The van der Waals surface area contributed by atoms with E-state index in [-0.39, 0.29) is 0 Å². The molecule has 0 saturated heterocycles. The van der Waals surface area contributed by atoms with Crippen LogP contribution in [0.4, 0.5) is 0 Å². The van der Waals surface area contributed by atoms with Crippen molar-refractivity contribution in [2.45, 2.75) is 64.7 Å². The van der Waals surface area contributed by atoms with Crippen molar-refractivity contribution in [2.75, 3.05) is 0 Å². The van der Waals surface area contributed by atoms with Crippen molar-refractivity contribution in [3.63, 3.8) is 0 Å². The molecule has 0 bridgehead atoms. The molecule has 1 heterocycles. The van der Waals surface area contributed by atoms with E-state index in [2.05, 4.69) is 62.4 Å². The average Bonchev–Trinajstić information content (AvgIpc) is 2.88. The summed E-state index contributed by atoms with van der Waals surface area (Å²) in [6, 6.07) is 11.1. The number of hydrogen-bond acceptors (Lipinski definition) is 1. The van der Waals surface area contributed by atoms with Gasteiger partial charge in [-0.05, 0) is 54.7 Å². The van der Waals surface area contributed by atoms with Crippen LogP contribution in [0.2, 0.25) is 0 Å². The van der Waals surface area contributed by atoms with Crippen molar-refractivity contribution in [3.8, 4) is 0 Å². The van der Waals surface area contributed by atoms with Crippen molar-refractivity contribution in [1.29, 1.82) is 0 Å². The van der Waals surface area contributed by atoms with Crippen molar-refractivity contribution in [1.82, 2.24) is 0 Å². The molecule has 1 aromatic carbocycles. The van der Waals surface area contributed by atoms with Gasteiger partial charge in [0.25, 0.3) is 0 Å². The van der Waals surface area contributed by atoms with Gasteiger partial charge in [-0.25, -0.2) is 0 Å². The van der Waals surface area contributed by atoms with Crippen molar-refractivity contribution < 1.29 is 0 Å². The molecule has 1 aliphatic rings. The van der Waals surface area contributed by atoms with Crippen LogP contribution in [0.15, 0.2) is 30.3 Å². The highest BCUT2D eigenvalue weighted by Crippen LogP contribution is 2.44. The fraction of sp³-hybridized carbons (Fsp3) is 0.500. The maximum Gasteiger partial charge on any atom is 0.0184 e. The second-order valence-electron chi connectivity index (χ2n) is 6.52. The van der Waals surface area contributed by atoms with Crippen molar-refractivity contribution >= 4 is 11.3 Å². The van der Waals surface area contributed by atoms with E-state index < -0.39 is 0 Å². The van der Waals surface area contributed by atoms with Crippen molar-refractivity contribution in [2.24, 2.45) is 0 Å². The Bertz CT molecular complexity index is 592. The van der Waals surface area contributed by atoms with Gasteiger partial charge in [0.1, 0.15) is 0 Å². The largest absolute Gasteiger partial charge is 0.144 e. The van der Waals surface area contributed by atoms with E-state index in [0.29, 0.717) is 11.8 Å². The summed E-state index contributed by atoms with van der Waals surface area (Å²) in [7, 11) is 0. The Labute approximate surface area is 133 Å². The molecule has 2 aromatic rings. The van der Waals surface area contributed by atoms with Gasteiger partial charge in [-0.2, -0.15) is 0 Å². The fourth-order valence-electron chi connectivity index (χ4n) is 3.76. The molecular formula is C20H26S. The topological polar surface area (TPSA) is 0 Å². The van der Waals surface area contributed by atoms with Crippen LogP contribution in [0.1, 0.15) is 78.3 Å². The van der Waals surface area contributed by atoms with Crippen LogP contribution in [0.25, 0.3) is 0 Å². The van der Waals surface area contributed by atoms with E-state index in [1.807, 2.05) is 0 Å². The van der Waals surface area contributed by atoms with Crippen LogP contribution in [0.5, 0.6) is 0 Å². The Morgan fingerprint density at radius 2 is 1.76 bits per heavy atom. The number of thiophene rings is 1. The molecule has 0 spiro atoms. The Morgan fingerprint density at radius 1 is 1.05 bits per heavy atom. The lowest BCUT2D eigenvalue weighted by Gasteiger charge is -2.19. The second-order valence-corrected chi connectivity index (χ2v) is 7.65. The highest BCUT2D eigenvalue weighted by atomic mass is 32.1.